The molecule has 47 heavy (non-hydrogen) atoms. The average molecular weight is 654 g/mol. The number of hydrogen-bond acceptors (Lipinski definition) is 11. The van der Waals surface area contributed by atoms with Crippen molar-refractivity contribution in [3.63, 3.8) is 0 Å². The number of hydrogen-bond donors (Lipinski definition) is 0. The van der Waals surface area contributed by atoms with Crippen LogP contribution in [0.2, 0.25) is 0 Å². The van der Waals surface area contributed by atoms with E-state index in [-0.39, 0.29) is 31.3 Å². The maximum absolute atomic E-state index is 13.9. The third-order valence-corrected chi connectivity index (χ3v) is 7.78. The van der Waals surface area contributed by atoms with Crippen molar-refractivity contribution < 1.29 is 42.7 Å². The molecule has 1 atom stereocenters. The second-order valence-electron chi connectivity index (χ2n) is 11.3. The number of ketones is 1. The lowest BCUT2D eigenvalue weighted by atomic mass is 9.83. The van der Waals surface area contributed by atoms with Gasteiger partial charge in [0.25, 0.3) is 0 Å². The summed E-state index contributed by atoms with van der Waals surface area (Å²) in [5.74, 6) is 0.454. The molecule has 5 rings (SSSR count). The van der Waals surface area contributed by atoms with Gasteiger partial charge in [0.1, 0.15) is 29.7 Å². The van der Waals surface area contributed by atoms with Crippen LogP contribution in [0.4, 0.5) is 4.79 Å². The summed E-state index contributed by atoms with van der Waals surface area (Å²) in [6.07, 6.45) is 0.983. The molecule has 1 unspecified atom stereocenters. The lowest BCUT2D eigenvalue weighted by Crippen LogP contribution is -2.46. The molecule has 2 aromatic carbocycles. The van der Waals surface area contributed by atoms with E-state index in [1.54, 1.807) is 49.6 Å². The largest absolute Gasteiger partial charge is 0.513 e. The van der Waals surface area contributed by atoms with E-state index < -0.39 is 29.2 Å². The number of ether oxygens (including phenoxy) is 7. The van der Waals surface area contributed by atoms with Gasteiger partial charge in [-0.15, -0.1) is 0 Å². The molecule has 252 valence electrons. The van der Waals surface area contributed by atoms with E-state index in [1.165, 1.54) is 16.3 Å². The van der Waals surface area contributed by atoms with Gasteiger partial charge in [-0.2, -0.15) is 0 Å². The van der Waals surface area contributed by atoms with Crippen molar-refractivity contribution in [2.75, 3.05) is 60.0 Å². The fourth-order valence-electron chi connectivity index (χ4n) is 5.50. The third kappa shape index (κ3) is 7.57. The first-order chi connectivity index (χ1) is 22.6. The quantitative estimate of drug-likeness (QED) is 0.0784. The number of methoxy groups -OCH3 is 1. The molecule has 2 aliphatic rings. The monoisotopic (exact) mass is 653 g/mol. The van der Waals surface area contributed by atoms with Crippen molar-refractivity contribution in [3.8, 4) is 17.2 Å². The van der Waals surface area contributed by atoms with Gasteiger partial charge in [0, 0.05) is 24.3 Å². The van der Waals surface area contributed by atoms with Gasteiger partial charge in [0.2, 0.25) is 0 Å². The zero-order valence-corrected chi connectivity index (χ0v) is 26.9. The van der Waals surface area contributed by atoms with Crippen LogP contribution in [0.1, 0.15) is 42.7 Å². The zero-order chi connectivity index (χ0) is 33.6. The van der Waals surface area contributed by atoms with Gasteiger partial charge in [-0.25, -0.2) is 28.3 Å². The first-order valence-electron chi connectivity index (χ1n) is 15.3. The van der Waals surface area contributed by atoms with Crippen LogP contribution >= 0.6 is 0 Å². The second kappa shape index (κ2) is 14.9. The highest BCUT2D eigenvalue weighted by Gasteiger charge is 2.44. The molecule has 14 heteroatoms. The van der Waals surface area contributed by atoms with Gasteiger partial charge >= 0.3 is 17.5 Å². The molecular weight excluding hydrogens is 614 g/mol. The van der Waals surface area contributed by atoms with Crippen LogP contribution in [0.25, 0.3) is 5.69 Å². The fourth-order valence-corrected chi connectivity index (χ4v) is 5.50. The molecule has 0 amide bonds. The lowest BCUT2D eigenvalue weighted by Gasteiger charge is -2.42. The Bertz CT molecular complexity index is 1730. The Labute approximate surface area is 270 Å². The maximum Gasteiger partial charge on any atom is 0.513 e. The van der Waals surface area contributed by atoms with Crippen molar-refractivity contribution in [2.45, 2.75) is 39.0 Å². The molecule has 0 spiro atoms. The van der Waals surface area contributed by atoms with Crippen LogP contribution in [0.15, 0.2) is 63.7 Å². The van der Waals surface area contributed by atoms with Gasteiger partial charge in [-0.05, 0) is 62.7 Å². The summed E-state index contributed by atoms with van der Waals surface area (Å²) in [4.78, 5) is 51.4. The second-order valence-corrected chi connectivity index (χ2v) is 11.3. The van der Waals surface area contributed by atoms with Gasteiger partial charge < -0.3 is 33.2 Å². The topological polar surface area (TPSA) is 148 Å². The van der Waals surface area contributed by atoms with Crippen molar-refractivity contribution >= 4 is 11.9 Å². The molecule has 0 aliphatic carbocycles. The summed E-state index contributed by atoms with van der Waals surface area (Å²) >= 11 is 0. The van der Waals surface area contributed by atoms with Gasteiger partial charge in [-0.1, -0.05) is 6.08 Å². The van der Waals surface area contributed by atoms with Crippen LogP contribution in [0.5, 0.6) is 11.5 Å². The number of carbonyl (C=O) groups is 2. The number of Topliss-reactive ketones (excluding diaryl/α,β-unsaturated/α-hetero) is 1. The molecule has 0 radical (unpaired) electrons. The molecule has 3 heterocycles. The SMILES string of the molecule is COCCOCCOCCOCCOC(=O)Oc1ccc2c(c1)OC(C)(C)C1=CCn3c(=O)n(-c4ccc(C(C)=O)cc4)c(=O)n3C12. The van der Waals surface area contributed by atoms with Crippen molar-refractivity contribution in [1.29, 1.82) is 0 Å². The number of allylic oxidation sites excluding steroid dienone is 1. The molecule has 2 aliphatic heterocycles. The minimum Gasteiger partial charge on any atom is -0.483 e. The Morgan fingerprint density at radius 2 is 1.51 bits per heavy atom. The highest BCUT2D eigenvalue weighted by Crippen LogP contribution is 2.47. The molecule has 14 nitrogen and oxygen atoms in total. The third-order valence-electron chi connectivity index (χ3n) is 7.78. The number of nitrogens with zero attached hydrogens (tertiary/aromatic N) is 3. The first kappa shape index (κ1) is 33.9. The summed E-state index contributed by atoms with van der Waals surface area (Å²) in [6.45, 7) is 8.18. The van der Waals surface area contributed by atoms with Gasteiger partial charge in [0.15, 0.2) is 5.78 Å². The predicted octanol–water partition coefficient (Wildman–Crippen LogP) is 2.92. The summed E-state index contributed by atoms with van der Waals surface area (Å²) in [6, 6.07) is 10.5. The number of rotatable bonds is 15. The van der Waals surface area contributed by atoms with E-state index in [0.717, 1.165) is 10.1 Å². The molecule has 0 fully saturated rings. The number of aromatic nitrogens is 3. The smallest absolute Gasteiger partial charge is 0.483 e. The Hall–Kier alpha value is -4.50. The van der Waals surface area contributed by atoms with Crippen molar-refractivity contribution in [3.05, 3.63) is 86.2 Å². The minimum atomic E-state index is -0.913. The van der Waals surface area contributed by atoms with E-state index in [9.17, 15) is 19.2 Å². The van der Waals surface area contributed by atoms with Crippen LogP contribution in [-0.2, 0) is 30.2 Å². The van der Waals surface area contributed by atoms with Crippen molar-refractivity contribution in [2.24, 2.45) is 0 Å². The van der Waals surface area contributed by atoms with E-state index >= 15 is 0 Å². The summed E-state index contributed by atoms with van der Waals surface area (Å²) in [5, 5.41) is 0. The zero-order valence-electron chi connectivity index (χ0n) is 26.9. The summed E-state index contributed by atoms with van der Waals surface area (Å²) < 4.78 is 41.7. The van der Waals surface area contributed by atoms with Crippen LogP contribution < -0.4 is 20.9 Å². The van der Waals surface area contributed by atoms with E-state index in [0.29, 0.717) is 62.2 Å². The average Bonchev–Trinajstić information content (AvgIpc) is 3.30. The molecule has 3 aromatic rings. The molecule has 0 saturated carbocycles. The first-order valence-corrected chi connectivity index (χ1v) is 15.3. The Kier molecular flexibility index (Phi) is 10.8. The normalized spacial score (nSPS) is 15.9. The predicted molar refractivity (Wildman–Crippen MR) is 168 cm³/mol. The summed E-state index contributed by atoms with van der Waals surface area (Å²) in [7, 11) is 1.61. The van der Waals surface area contributed by atoms with Gasteiger partial charge in [0.05, 0.1) is 58.5 Å². The number of carbonyl (C=O) groups excluding carboxylic acids is 2. The minimum absolute atomic E-state index is 0.0153. The highest BCUT2D eigenvalue weighted by atomic mass is 16.7. The fraction of sp³-hybridized carbons (Fsp3) is 0.455. The highest BCUT2D eigenvalue weighted by molar-refractivity contribution is 5.94. The van der Waals surface area contributed by atoms with E-state index in [4.69, 9.17) is 33.2 Å². The molecule has 0 saturated heterocycles. The van der Waals surface area contributed by atoms with E-state index in [1.807, 2.05) is 19.9 Å². The molecular formula is C33H39N3O11. The van der Waals surface area contributed by atoms with Crippen LogP contribution in [-0.4, -0.2) is 91.4 Å². The maximum atomic E-state index is 13.9. The van der Waals surface area contributed by atoms with Crippen molar-refractivity contribution in [1.82, 2.24) is 13.9 Å². The van der Waals surface area contributed by atoms with E-state index in [2.05, 4.69) is 0 Å². The Balaban J connectivity index is 1.23. The number of benzene rings is 2. The van der Waals surface area contributed by atoms with Crippen LogP contribution in [0, 0.1) is 0 Å². The van der Waals surface area contributed by atoms with Crippen LogP contribution in [0.3, 0.4) is 0 Å². The Morgan fingerprint density at radius 1 is 0.872 bits per heavy atom. The summed E-state index contributed by atoms with van der Waals surface area (Å²) in [5.41, 5.74) is 0.374. The standard InChI is InChI=1S/C33H39N3O11/c1-22(37)23-5-7-24(8-6-23)35-30(38)34-12-11-27-29(36(34)31(35)39)26-10-9-25(21-28(26)47-33(27,2)3)46-32(40)45-20-19-44-18-17-43-16-15-42-14-13-41-4/h5-11,21,29H,12-20H2,1-4H3. The molecule has 0 bridgehead atoms. The Morgan fingerprint density at radius 3 is 2.15 bits per heavy atom. The molecule has 1 aromatic heterocycles. The number of fused-ring (bicyclic) bond motifs is 5. The lowest BCUT2D eigenvalue weighted by molar-refractivity contribution is -0.00451. The molecule has 0 N–H and O–H groups in total. The van der Waals surface area contributed by atoms with Gasteiger partial charge in [-0.3, -0.25) is 4.79 Å².